The Balaban J connectivity index is 1.81. The summed E-state index contributed by atoms with van der Waals surface area (Å²) in [6.45, 7) is 4.69. The largest absolute Gasteiger partial charge is 0.366 e. The lowest BCUT2D eigenvalue weighted by Crippen LogP contribution is -2.07. The fraction of sp³-hybridized carbons (Fsp3) is 0.190. The molecule has 1 aromatic carbocycles. The van der Waals surface area contributed by atoms with Crippen molar-refractivity contribution in [3.8, 4) is 11.1 Å². The van der Waals surface area contributed by atoms with Gasteiger partial charge in [0.25, 0.3) is 0 Å². The average molecular weight is 361 g/mol. The van der Waals surface area contributed by atoms with E-state index in [4.69, 9.17) is 10.1 Å². The normalized spacial score (nSPS) is 11.1. The van der Waals surface area contributed by atoms with E-state index in [1.54, 1.807) is 24.5 Å². The zero-order chi connectivity index (χ0) is 18.8. The van der Waals surface area contributed by atoms with Gasteiger partial charge in [-0.15, -0.1) is 0 Å². The Bertz CT molecular complexity index is 1070. The molecular formula is C21H20FN5. The molecule has 0 aliphatic rings. The van der Waals surface area contributed by atoms with E-state index in [1.165, 1.54) is 12.1 Å². The lowest BCUT2D eigenvalue weighted by molar-refractivity contribution is 0.628. The monoisotopic (exact) mass is 361 g/mol. The van der Waals surface area contributed by atoms with Crippen LogP contribution >= 0.6 is 0 Å². The maximum absolute atomic E-state index is 13.4. The van der Waals surface area contributed by atoms with Crippen molar-refractivity contribution in [2.45, 2.75) is 26.8 Å². The van der Waals surface area contributed by atoms with Crippen molar-refractivity contribution in [2.75, 3.05) is 5.32 Å². The summed E-state index contributed by atoms with van der Waals surface area (Å²) in [4.78, 5) is 8.76. The Kier molecular flexibility index (Phi) is 4.54. The highest BCUT2D eigenvalue weighted by Gasteiger charge is 2.17. The number of anilines is 1. The summed E-state index contributed by atoms with van der Waals surface area (Å²) in [6.07, 6.45) is 4.32. The van der Waals surface area contributed by atoms with Gasteiger partial charge in [0.2, 0.25) is 0 Å². The number of aromatic nitrogens is 4. The highest BCUT2D eigenvalue weighted by Crippen LogP contribution is 2.30. The molecule has 0 aliphatic carbocycles. The molecule has 0 bridgehead atoms. The number of fused-ring (bicyclic) bond motifs is 1. The number of nitrogens with zero attached hydrogens (tertiary/aromatic N) is 4. The van der Waals surface area contributed by atoms with Gasteiger partial charge in [0, 0.05) is 36.3 Å². The second-order valence-corrected chi connectivity index (χ2v) is 6.41. The number of nitrogens with one attached hydrogen (secondary N) is 1. The lowest BCUT2D eigenvalue weighted by Gasteiger charge is -2.10. The van der Waals surface area contributed by atoms with Crippen molar-refractivity contribution in [3.05, 3.63) is 77.6 Å². The standard InChI is InChI=1S/C21H20FN5/c1-3-18-20(16-4-6-17(22)7-5-16)21-25-14(2)12-19(27(21)26-18)24-13-15-8-10-23-11-9-15/h4-12,24H,3,13H2,1-2H3. The Labute approximate surface area is 156 Å². The van der Waals surface area contributed by atoms with Crippen LogP contribution in [0, 0.1) is 12.7 Å². The topological polar surface area (TPSA) is 55.1 Å². The molecular weight excluding hydrogens is 341 g/mol. The van der Waals surface area contributed by atoms with E-state index in [0.717, 1.165) is 46.0 Å². The minimum Gasteiger partial charge on any atom is -0.366 e. The summed E-state index contributed by atoms with van der Waals surface area (Å²) in [5.41, 5.74) is 5.61. The van der Waals surface area contributed by atoms with E-state index >= 15 is 0 Å². The van der Waals surface area contributed by atoms with Crippen molar-refractivity contribution < 1.29 is 4.39 Å². The number of halogens is 1. The third-order valence-electron chi connectivity index (χ3n) is 4.48. The number of hydrogen-bond donors (Lipinski definition) is 1. The quantitative estimate of drug-likeness (QED) is 0.572. The molecule has 27 heavy (non-hydrogen) atoms. The molecule has 0 saturated heterocycles. The second-order valence-electron chi connectivity index (χ2n) is 6.41. The van der Waals surface area contributed by atoms with Gasteiger partial charge in [0.05, 0.1) is 5.69 Å². The molecule has 3 heterocycles. The minimum absolute atomic E-state index is 0.253. The smallest absolute Gasteiger partial charge is 0.165 e. The molecule has 0 radical (unpaired) electrons. The van der Waals surface area contributed by atoms with Gasteiger partial charge in [-0.25, -0.2) is 9.37 Å². The van der Waals surface area contributed by atoms with Gasteiger partial charge in [-0.05, 0) is 48.7 Å². The lowest BCUT2D eigenvalue weighted by atomic mass is 10.0. The highest BCUT2D eigenvalue weighted by atomic mass is 19.1. The van der Waals surface area contributed by atoms with E-state index in [2.05, 4.69) is 17.2 Å². The van der Waals surface area contributed by atoms with Crippen molar-refractivity contribution in [1.82, 2.24) is 19.6 Å². The fourth-order valence-corrected chi connectivity index (χ4v) is 3.16. The van der Waals surface area contributed by atoms with Gasteiger partial charge in [-0.2, -0.15) is 9.61 Å². The summed E-state index contributed by atoms with van der Waals surface area (Å²) >= 11 is 0. The van der Waals surface area contributed by atoms with Crippen LogP contribution in [0.1, 0.15) is 23.9 Å². The van der Waals surface area contributed by atoms with Gasteiger partial charge in [-0.3, -0.25) is 4.98 Å². The van der Waals surface area contributed by atoms with E-state index in [1.807, 2.05) is 29.6 Å². The van der Waals surface area contributed by atoms with Crippen LogP contribution < -0.4 is 5.32 Å². The van der Waals surface area contributed by atoms with Gasteiger partial charge in [-0.1, -0.05) is 19.1 Å². The summed E-state index contributed by atoms with van der Waals surface area (Å²) in [6, 6.07) is 12.4. The predicted molar refractivity (Wildman–Crippen MR) is 104 cm³/mol. The third-order valence-corrected chi connectivity index (χ3v) is 4.48. The number of hydrogen-bond acceptors (Lipinski definition) is 4. The molecule has 136 valence electrons. The van der Waals surface area contributed by atoms with E-state index in [9.17, 15) is 4.39 Å². The molecule has 5 nitrogen and oxygen atoms in total. The van der Waals surface area contributed by atoms with Crippen LogP contribution in [0.5, 0.6) is 0 Å². The molecule has 0 fully saturated rings. The first-order valence-corrected chi connectivity index (χ1v) is 8.93. The van der Waals surface area contributed by atoms with Gasteiger partial charge >= 0.3 is 0 Å². The maximum Gasteiger partial charge on any atom is 0.165 e. The Morgan fingerprint density at radius 2 is 1.81 bits per heavy atom. The minimum atomic E-state index is -0.253. The second kappa shape index (κ2) is 7.15. The zero-order valence-electron chi connectivity index (χ0n) is 15.3. The fourth-order valence-electron chi connectivity index (χ4n) is 3.16. The summed E-state index contributed by atoms with van der Waals surface area (Å²) in [7, 11) is 0. The third kappa shape index (κ3) is 3.38. The van der Waals surface area contributed by atoms with Gasteiger partial charge in [0.15, 0.2) is 5.65 Å². The van der Waals surface area contributed by atoms with E-state index in [-0.39, 0.29) is 5.82 Å². The maximum atomic E-state index is 13.4. The number of aryl methyl sites for hydroxylation is 2. The molecule has 4 rings (SSSR count). The van der Waals surface area contributed by atoms with Crippen LogP contribution in [-0.2, 0) is 13.0 Å². The van der Waals surface area contributed by atoms with Gasteiger partial charge in [0.1, 0.15) is 11.6 Å². The summed E-state index contributed by atoms with van der Waals surface area (Å²) in [5, 5.41) is 8.21. The van der Waals surface area contributed by atoms with Crippen LogP contribution in [0.3, 0.4) is 0 Å². The van der Waals surface area contributed by atoms with E-state index in [0.29, 0.717) is 6.54 Å². The first-order valence-electron chi connectivity index (χ1n) is 8.93. The Morgan fingerprint density at radius 1 is 1.07 bits per heavy atom. The molecule has 0 aliphatic heterocycles. The van der Waals surface area contributed by atoms with Crippen molar-refractivity contribution in [1.29, 1.82) is 0 Å². The molecule has 0 atom stereocenters. The SMILES string of the molecule is CCc1nn2c(NCc3ccncc3)cc(C)nc2c1-c1ccc(F)cc1. The van der Waals surface area contributed by atoms with Gasteiger partial charge < -0.3 is 5.32 Å². The van der Waals surface area contributed by atoms with Crippen molar-refractivity contribution in [3.63, 3.8) is 0 Å². The molecule has 0 saturated carbocycles. The summed E-state index contributed by atoms with van der Waals surface area (Å²) < 4.78 is 15.2. The first-order chi connectivity index (χ1) is 13.2. The molecule has 0 unspecified atom stereocenters. The van der Waals surface area contributed by atoms with Crippen LogP contribution in [-0.4, -0.2) is 19.6 Å². The molecule has 6 heteroatoms. The van der Waals surface area contributed by atoms with Crippen LogP contribution in [0.15, 0.2) is 54.9 Å². The van der Waals surface area contributed by atoms with Crippen molar-refractivity contribution >= 4 is 11.5 Å². The van der Waals surface area contributed by atoms with Crippen molar-refractivity contribution in [2.24, 2.45) is 0 Å². The molecule has 0 amide bonds. The van der Waals surface area contributed by atoms with Crippen LogP contribution in [0.2, 0.25) is 0 Å². The molecule has 1 N–H and O–H groups in total. The Hall–Kier alpha value is -3.28. The predicted octanol–water partition coefficient (Wildman–Crippen LogP) is 4.41. The average Bonchev–Trinajstić information content (AvgIpc) is 3.06. The first kappa shape index (κ1) is 17.1. The van der Waals surface area contributed by atoms with Crippen LogP contribution in [0.25, 0.3) is 16.8 Å². The number of pyridine rings is 1. The van der Waals surface area contributed by atoms with Crippen LogP contribution in [0.4, 0.5) is 10.2 Å². The Morgan fingerprint density at radius 3 is 2.52 bits per heavy atom. The molecule has 4 aromatic rings. The number of benzene rings is 1. The highest BCUT2D eigenvalue weighted by molar-refractivity contribution is 5.81. The van der Waals surface area contributed by atoms with E-state index < -0.39 is 0 Å². The number of rotatable bonds is 5. The zero-order valence-corrected chi connectivity index (χ0v) is 15.3. The summed E-state index contributed by atoms with van der Waals surface area (Å²) in [5.74, 6) is 0.620. The molecule has 0 spiro atoms. The molecule has 3 aromatic heterocycles.